The Hall–Kier alpha value is -2.97. The van der Waals surface area contributed by atoms with Crippen LogP contribution in [0.3, 0.4) is 0 Å². The molecule has 0 saturated carbocycles. The zero-order valence-electron chi connectivity index (χ0n) is 17.6. The number of imidazole rings is 1. The minimum Gasteiger partial charge on any atom is -0.365 e. The topological polar surface area (TPSA) is 88.2 Å². The summed E-state index contributed by atoms with van der Waals surface area (Å²) in [5, 5.41) is 7.72. The monoisotopic (exact) mass is 421 g/mol. The Bertz CT molecular complexity index is 1070. The van der Waals surface area contributed by atoms with Gasteiger partial charge in [0.2, 0.25) is 0 Å². The number of alkyl halides is 3. The molecule has 0 aliphatic rings. The first-order valence-electron chi connectivity index (χ1n) is 9.53. The number of nitrogens with zero attached hydrogens (tertiary/aromatic N) is 2. The molecule has 0 aliphatic carbocycles. The Labute approximate surface area is 172 Å². The van der Waals surface area contributed by atoms with E-state index in [9.17, 15) is 18.0 Å². The van der Waals surface area contributed by atoms with Crippen LogP contribution in [0, 0.1) is 5.41 Å². The summed E-state index contributed by atoms with van der Waals surface area (Å²) in [5.41, 5.74) is 6.00. The average molecular weight is 421 g/mol. The number of primary amides is 1. The van der Waals surface area contributed by atoms with E-state index in [1.54, 1.807) is 0 Å². The van der Waals surface area contributed by atoms with Crippen molar-refractivity contribution in [1.29, 1.82) is 0 Å². The first-order chi connectivity index (χ1) is 13.7. The molecule has 0 bridgehead atoms. The second-order valence-electron chi connectivity index (χ2n) is 9.35. The van der Waals surface area contributed by atoms with Crippen LogP contribution in [0.5, 0.6) is 0 Å². The van der Waals surface area contributed by atoms with Gasteiger partial charge in [-0.25, -0.2) is 0 Å². The third-order valence-corrected chi connectivity index (χ3v) is 4.66. The van der Waals surface area contributed by atoms with Crippen molar-refractivity contribution in [3.63, 3.8) is 0 Å². The molecule has 1 aromatic carbocycles. The van der Waals surface area contributed by atoms with Gasteiger partial charge >= 0.3 is 6.18 Å². The molecule has 1 amide bonds. The molecule has 9 heteroatoms. The third kappa shape index (κ3) is 4.44. The number of rotatable bonds is 5. The molecule has 0 atom stereocenters. The van der Waals surface area contributed by atoms with Crippen LogP contribution in [-0.4, -0.2) is 26.0 Å². The van der Waals surface area contributed by atoms with Gasteiger partial charge in [-0.1, -0.05) is 32.9 Å². The second-order valence-corrected chi connectivity index (χ2v) is 9.35. The number of aromatic amines is 1. The smallest absolute Gasteiger partial charge is 0.365 e. The van der Waals surface area contributed by atoms with Gasteiger partial charge < -0.3 is 16.0 Å². The summed E-state index contributed by atoms with van der Waals surface area (Å²) >= 11 is 0. The number of H-pyrrole nitrogens is 1. The summed E-state index contributed by atoms with van der Waals surface area (Å²) in [6.07, 6.45) is -2.24. The van der Waals surface area contributed by atoms with Crippen molar-refractivity contribution in [2.24, 2.45) is 11.1 Å². The van der Waals surface area contributed by atoms with Gasteiger partial charge in [-0.05, 0) is 37.8 Å². The maximum Gasteiger partial charge on any atom is 0.416 e. The highest BCUT2D eigenvalue weighted by Crippen LogP contribution is 2.36. The molecule has 30 heavy (non-hydrogen) atoms. The van der Waals surface area contributed by atoms with Gasteiger partial charge in [-0.15, -0.1) is 0 Å². The Balaban J connectivity index is 2.13. The summed E-state index contributed by atoms with van der Waals surface area (Å²) in [4.78, 5) is 14.9. The zero-order valence-corrected chi connectivity index (χ0v) is 17.6. The first-order valence-corrected chi connectivity index (χ1v) is 9.53. The van der Waals surface area contributed by atoms with E-state index in [1.807, 2.05) is 13.8 Å². The number of carbonyl (C=O) groups is 1. The maximum absolute atomic E-state index is 13.0. The largest absolute Gasteiger partial charge is 0.416 e. The van der Waals surface area contributed by atoms with Gasteiger partial charge in [-0.3, -0.25) is 4.79 Å². The quantitative estimate of drug-likeness (QED) is 0.537. The Morgan fingerprint density at radius 3 is 2.23 bits per heavy atom. The SMILES string of the molecule is CC(C)(C)CC(C)(C)Nc1c(-c2ccc(C(F)(F)F)cc2)[nH]c2c(C(N)=O)cnn12. The molecule has 162 valence electrons. The van der Waals surface area contributed by atoms with E-state index >= 15 is 0 Å². The lowest BCUT2D eigenvalue weighted by atomic mass is 9.82. The van der Waals surface area contributed by atoms with Gasteiger partial charge in [0, 0.05) is 11.1 Å². The summed E-state index contributed by atoms with van der Waals surface area (Å²) in [6, 6.07) is 4.83. The van der Waals surface area contributed by atoms with Crippen LogP contribution in [-0.2, 0) is 6.18 Å². The number of carbonyl (C=O) groups excluding carboxylic acids is 1. The number of benzene rings is 1. The number of aromatic nitrogens is 3. The fraction of sp³-hybridized carbons (Fsp3) is 0.429. The van der Waals surface area contributed by atoms with Crippen molar-refractivity contribution < 1.29 is 18.0 Å². The number of hydrogen-bond acceptors (Lipinski definition) is 3. The van der Waals surface area contributed by atoms with E-state index in [0.29, 0.717) is 22.7 Å². The van der Waals surface area contributed by atoms with Crippen molar-refractivity contribution in [3.05, 3.63) is 41.6 Å². The molecule has 3 aromatic rings. The van der Waals surface area contributed by atoms with Crippen LogP contribution in [0.15, 0.2) is 30.5 Å². The Kier molecular flexibility index (Phi) is 5.12. The van der Waals surface area contributed by atoms with Gasteiger partial charge in [-0.2, -0.15) is 22.8 Å². The zero-order chi connectivity index (χ0) is 22.5. The van der Waals surface area contributed by atoms with Crippen LogP contribution in [0.1, 0.15) is 57.0 Å². The van der Waals surface area contributed by atoms with Crippen LogP contribution >= 0.6 is 0 Å². The Morgan fingerprint density at radius 1 is 1.13 bits per heavy atom. The van der Waals surface area contributed by atoms with Crippen LogP contribution in [0.25, 0.3) is 16.9 Å². The first kappa shape index (κ1) is 21.7. The summed E-state index contributed by atoms with van der Waals surface area (Å²) in [6.45, 7) is 10.4. The number of halogens is 3. The highest BCUT2D eigenvalue weighted by Gasteiger charge is 2.31. The molecule has 2 aromatic heterocycles. The molecular formula is C21H26F3N5O. The van der Waals surface area contributed by atoms with E-state index in [-0.39, 0.29) is 16.5 Å². The average Bonchev–Trinajstić information content (AvgIpc) is 3.12. The predicted octanol–water partition coefficient (Wildman–Crippen LogP) is 5.07. The van der Waals surface area contributed by atoms with Crippen molar-refractivity contribution in [3.8, 4) is 11.3 Å². The van der Waals surface area contributed by atoms with E-state index in [4.69, 9.17) is 5.73 Å². The number of anilines is 1. The van der Waals surface area contributed by atoms with Crippen LogP contribution < -0.4 is 11.1 Å². The molecule has 0 unspecified atom stereocenters. The third-order valence-electron chi connectivity index (χ3n) is 4.66. The van der Waals surface area contributed by atoms with Crippen molar-refractivity contribution in [2.75, 3.05) is 5.32 Å². The lowest BCUT2D eigenvalue weighted by molar-refractivity contribution is -0.137. The highest BCUT2D eigenvalue weighted by atomic mass is 19.4. The van der Waals surface area contributed by atoms with E-state index in [0.717, 1.165) is 18.6 Å². The lowest BCUT2D eigenvalue weighted by Gasteiger charge is -2.34. The summed E-state index contributed by atoms with van der Waals surface area (Å²) in [7, 11) is 0. The standard InChI is InChI=1S/C21H26F3N5O/c1-19(2,3)11-20(4,5)28-18-15(12-6-8-13(9-7-12)21(22,23)24)27-17-14(16(25)30)10-26-29(17)18/h6-10,27-28H,11H2,1-5H3,(H2,25,30). The number of nitrogens with two attached hydrogens (primary N) is 1. The number of fused-ring (bicyclic) bond motifs is 1. The van der Waals surface area contributed by atoms with Gasteiger partial charge in [0.05, 0.1) is 17.5 Å². The molecular weight excluding hydrogens is 395 g/mol. The van der Waals surface area contributed by atoms with Gasteiger partial charge in [0.15, 0.2) is 5.82 Å². The maximum atomic E-state index is 13.0. The predicted molar refractivity (Wildman–Crippen MR) is 110 cm³/mol. The fourth-order valence-corrected chi connectivity index (χ4v) is 3.94. The number of amides is 1. The van der Waals surface area contributed by atoms with E-state index in [2.05, 4.69) is 36.2 Å². The minimum atomic E-state index is -4.42. The van der Waals surface area contributed by atoms with Crippen molar-refractivity contribution in [2.45, 2.75) is 52.8 Å². The number of nitrogens with one attached hydrogen (secondary N) is 2. The van der Waals surface area contributed by atoms with Gasteiger partial charge in [0.1, 0.15) is 11.2 Å². The highest BCUT2D eigenvalue weighted by molar-refractivity contribution is 5.99. The van der Waals surface area contributed by atoms with Crippen LogP contribution in [0.4, 0.5) is 19.0 Å². The molecule has 4 N–H and O–H groups in total. The second kappa shape index (κ2) is 7.07. The van der Waals surface area contributed by atoms with E-state index < -0.39 is 17.6 Å². The number of hydrogen-bond donors (Lipinski definition) is 3. The minimum absolute atomic E-state index is 0.0307. The van der Waals surface area contributed by atoms with Crippen LogP contribution in [0.2, 0.25) is 0 Å². The van der Waals surface area contributed by atoms with Gasteiger partial charge in [0.25, 0.3) is 5.91 Å². The van der Waals surface area contributed by atoms with E-state index in [1.165, 1.54) is 22.8 Å². The molecule has 0 aliphatic heterocycles. The van der Waals surface area contributed by atoms with Crippen molar-refractivity contribution >= 4 is 17.4 Å². The normalized spacial score (nSPS) is 13.1. The Morgan fingerprint density at radius 2 is 1.73 bits per heavy atom. The molecule has 0 saturated heterocycles. The van der Waals surface area contributed by atoms with Crippen molar-refractivity contribution in [1.82, 2.24) is 14.6 Å². The fourth-order valence-electron chi connectivity index (χ4n) is 3.94. The summed E-state index contributed by atoms with van der Waals surface area (Å²) < 4.78 is 40.4. The molecule has 6 nitrogen and oxygen atoms in total. The lowest BCUT2D eigenvalue weighted by Crippen LogP contribution is -2.36. The molecule has 3 rings (SSSR count). The molecule has 0 fully saturated rings. The summed E-state index contributed by atoms with van der Waals surface area (Å²) in [5.74, 6) is -0.0998. The molecule has 0 radical (unpaired) electrons. The molecule has 0 spiro atoms. The molecule has 2 heterocycles.